The molecule has 0 saturated heterocycles. The van der Waals surface area contributed by atoms with Crippen LogP contribution >= 0.6 is 23.1 Å². The first-order valence-electron chi connectivity index (χ1n) is 7.32. The third kappa shape index (κ3) is 3.86. The summed E-state index contributed by atoms with van der Waals surface area (Å²) in [5.41, 5.74) is 4.54. The summed E-state index contributed by atoms with van der Waals surface area (Å²) in [6, 6.07) is 8.18. The van der Waals surface area contributed by atoms with Crippen molar-refractivity contribution in [2.75, 3.05) is 5.32 Å². The third-order valence-electron chi connectivity index (χ3n) is 3.33. The lowest BCUT2D eigenvalue weighted by atomic mass is 10.1. The maximum atomic E-state index is 4.37. The Morgan fingerprint density at radius 3 is 2.83 bits per heavy atom. The Hall–Kier alpha value is -1.99. The monoisotopic (exact) mass is 343 g/mol. The summed E-state index contributed by atoms with van der Waals surface area (Å²) in [4.78, 5) is 8.61. The van der Waals surface area contributed by atoms with Gasteiger partial charge in [0.25, 0.3) is 0 Å². The van der Waals surface area contributed by atoms with Crippen LogP contribution in [0.15, 0.2) is 40.0 Å². The summed E-state index contributed by atoms with van der Waals surface area (Å²) in [6.45, 7) is 6.19. The van der Waals surface area contributed by atoms with E-state index in [1.165, 1.54) is 34.2 Å². The van der Waals surface area contributed by atoms with Crippen LogP contribution in [0.2, 0.25) is 0 Å². The topological polar surface area (TPSA) is 63.6 Å². The number of nitrogens with one attached hydrogen (secondary N) is 1. The lowest BCUT2D eigenvalue weighted by molar-refractivity contribution is 0.925. The number of aryl methyl sites for hydroxylation is 3. The summed E-state index contributed by atoms with van der Waals surface area (Å²) in [7, 11) is 0. The number of aromatic nitrogens is 4. The van der Waals surface area contributed by atoms with Gasteiger partial charge in [-0.2, -0.15) is 0 Å². The number of benzene rings is 1. The van der Waals surface area contributed by atoms with Gasteiger partial charge < -0.3 is 5.32 Å². The van der Waals surface area contributed by atoms with Gasteiger partial charge in [-0.15, -0.1) is 10.2 Å². The van der Waals surface area contributed by atoms with Gasteiger partial charge in [0.15, 0.2) is 9.50 Å². The van der Waals surface area contributed by atoms with Gasteiger partial charge in [-0.25, -0.2) is 9.97 Å². The Labute approximate surface area is 143 Å². The number of rotatable bonds is 5. The normalized spacial score (nSPS) is 10.7. The molecule has 1 aromatic carbocycles. The molecule has 118 valence electrons. The van der Waals surface area contributed by atoms with E-state index in [4.69, 9.17) is 0 Å². The first-order valence-corrected chi connectivity index (χ1v) is 8.95. The number of hydrogen-bond donors (Lipinski definition) is 1. The lowest BCUT2D eigenvalue weighted by Gasteiger charge is -2.11. The fourth-order valence-electron chi connectivity index (χ4n) is 2.16. The minimum atomic E-state index is 0.692. The van der Waals surface area contributed by atoms with Crippen LogP contribution in [-0.4, -0.2) is 20.2 Å². The molecule has 0 fully saturated rings. The second-order valence-electron chi connectivity index (χ2n) is 5.04. The zero-order chi connectivity index (χ0) is 16.2. The van der Waals surface area contributed by atoms with Gasteiger partial charge in [0, 0.05) is 17.6 Å². The average molecular weight is 343 g/mol. The van der Waals surface area contributed by atoms with Gasteiger partial charge >= 0.3 is 0 Å². The number of nitrogens with zero attached hydrogens (tertiary/aromatic N) is 4. The van der Waals surface area contributed by atoms with Crippen molar-refractivity contribution >= 4 is 33.9 Å². The average Bonchev–Trinajstić information content (AvgIpc) is 2.96. The maximum Gasteiger partial charge on any atom is 0.210 e. The highest BCUT2D eigenvalue weighted by atomic mass is 32.2. The number of para-hydroxylation sites is 1. The highest BCUT2D eigenvalue weighted by Crippen LogP contribution is 2.32. The quantitative estimate of drug-likeness (QED) is 0.693. The van der Waals surface area contributed by atoms with Crippen LogP contribution in [0, 0.1) is 13.8 Å². The van der Waals surface area contributed by atoms with E-state index in [9.17, 15) is 0 Å². The van der Waals surface area contributed by atoms with Gasteiger partial charge in [0.1, 0.15) is 0 Å². The van der Waals surface area contributed by atoms with E-state index in [2.05, 4.69) is 57.5 Å². The van der Waals surface area contributed by atoms with Crippen LogP contribution in [0.4, 0.5) is 10.8 Å². The molecular weight excluding hydrogens is 326 g/mol. The molecule has 0 spiro atoms. The van der Waals surface area contributed by atoms with Gasteiger partial charge in [-0.3, -0.25) is 0 Å². The van der Waals surface area contributed by atoms with Crippen LogP contribution in [0.1, 0.15) is 23.7 Å². The van der Waals surface area contributed by atoms with Gasteiger partial charge in [0.05, 0.1) is 0 Å². The molecule has 0 aliphatic heterocycles. The molecule has 23 heavy (non-hydrogen) atoms. The Bertz CT molecular complexity index is 816. The van der Waals surface area contributed by atoms with Crippen molar-refractivity contribution in [2.45, 2.75) is 36.7 Å². The molecule has 0 atom stereocenters. The summed E-state index contributed by atoms with van der Waals surface area (Å²) in [5.74, 6) is 0. The van der Waals surface area contributed by atoms with E-state index in [0.29, 0.717) is 5.16 Å². The van der Waals surface area contributed by atoms with E-state index in [1.807, 2.05) is 13.0 Å². The molecule has 1 N–H and O–H groups in total. The van der Waals surface area contributed by atoms with E-state index >= 15 is 0 Å². The largest absolute Gasteiger partial charge is 0.330 e. The zero-order valence-electron chi connectivity index (χ0n) is 13.2. The molecular formula is C16H17N5S2. The molecule has 5 nitrogen and oxygen atoms in total. The smallest absolute Gasteiger partial charge is 0.210 e. The molecule has 7 heteroatoms. The SMILES string of the molecule is CCc1cccc(C)c1Nc1nnc(Sc2nccc(C)n2)s1. The standard InChI is InChI=1S/C16H17N5S2/c1-4-12-7-5-6-10(2)13(12)19-15-20-21-16(23-15)22-14-17-9-8-11(3)18-14/h5-9H,4H2,1-3H3,(H,19,20). The zero-order valence-corrected chi connectivity index (χ0v) is 14.8. The summed E-state index contributed by atoms with van der Waals surface area (Å²) in [6.07, 6.45) is 2.73. The fraction of sp³-hybridized carbons (Fsp3) is 0.250. The van der Waals surface area contributed by atoms with Crippen LogP contribution in [0.25, 0.3) is 0 Å². The van der Waals surface area contributed by atoms with Gasteiger partial charge in [0.2, 0.25) is 5.13 Å². The second kappa shape index (κ2) is 7.06. The molecule has 0 aliphatic rings. The van der Waals surface area contributed by atoms with Crippen molar-refractivity contribution in [3.8, 4) is 0 Å². The summed E-state index contributed by atoms with van der Waals surface area (Å²) >= 11 is 2.94. The van der Waals surface area contributed by atoms with E-state index in [0.717, 1.165) is 27.3 Å². The van der Waals surface area contributed by atoms with Crippen LogP contribution in [0.3, 0.4) is 0 Å². The van der Waals surface area contributed by atoms with Crippen molar-refractivity contribution in [2.24, 2.45) is 0 Å². The van der Waals surface area contributed by atoms with E-state index < -0.39 is 0 Å². The van der Waals surface area contributed by atoms with Crippen LogP contribution < -0.4 is 5.32 Å². The van der Waals surface area contributed by atoms with Crippen molar-refractivity contribution in [3.63, 3.8) is 0 Å². The fourth-order valence-corrected chi connectivity index (χ4v) is 3.81. The van der Waals surface area contributed by atoms with Crippen molar-refractivity contribution in [3.05, 3.63) is 47.3 Å². The van der Waals surface area contributed by atoms with Gasteiger partial charge in [-0.05, 0) is 49.2 Å². The molecule has 0 aliphatic carbocycles. The summed E-state index contributed by atoms with van der Waals surface area (Å²) < 4.78 is 0.824. The van der Waals surface area contributed by atoms with Crippen molar-refractivity contribution in [1.29, 1.82) is 0 Å². The minimum absolute atomic E-state index is 0.692. The van der Waals surface area contributed by atoms with E-state index in [-0.39, 0.29) is 0 Å². The maximum absolute atomic E-state index is 4.37. The van der Waals surface area contributed by atoms with Crippen molar-refractivity contribution in [1.82, 2.24) is 20.2 Å². The number of hydrogen-bond acceptors (Lipinski definition) is 7. The Morgan fingerprint density at radius 2 is 2.04 bits per heavy atom. The molecule has 0 saturated carbocycles. The van der Waals surface area contributed by atoms with Crippen molar-refractivity contribution < 1.29 is 0 Å². The molecule has 3 rings (SSSR count). The predicted octanol–water partition coefficient (Wildman–Crippen LogP) is 4.40. The van der Waals surface area contributed by atoms with E-state index in [1.54, 1.807) is 6.20 Å². The highest BCUT2D eigenvalue weighted by Gasteiger charge is 2.11. The van der Waals surface area contributed by atoms with Crippen LogP contribution in [-0.2, 0) is 6.42 Å². The molecule has 0 bridgehead atoms. The first-order chi connectivity index (χ1) is 11.2. The molecule has 0 unspecified atom stereocenters. The Kier molecular flexibility index (Phi) is 4.88. The number of anilines is 2. The molecule has 2 heterocycles. The molecule has 0 amide bonds. The molecule has 2 aromatic heterocycles. The molecule has 3 aromatic rings. The Morgan fingerprint density at radius 1 is 1.17 bits per heavy atom. The van der Waals surface area contributed by atoms with Gasteiger partial charge in [-0.1, -0.05) is 36.5 Å². The van der Waals surface area contributed by atoms with Crippen LogP contribution in [0.5, 0.6) is 0 Å². The first kappa shape index (κ1) is 15.9. The summed E-state index contributed by atoms with van der Waals surface area (Å²) in [5, 5.41) is 13.3. The Balaban J connectivity index is 1.78. The third-order valence-corrected chi connectivity index (χ3v) is 5.10. The minimum Gasteiger partial charge on any atom is -0.330 e. The highest BCUT2D eigenvalue weighted by molar-refractivity contribution is 8.00. The molecule has 0 radical (unpaired) electrons. The lowest BCUT2D eigenvalue weighted by Crippen LogP contribution is -1.97. The second-order valence-corrected chi connectivity index (χ2v) is 7.24. The predicted molar refractivity (Wildman–Crippen MR) is 94.6 cm³/mol.